The van der Waals surface area contributed by atoms with Crippen LogP contribution in [-0.4, -0.2) is 61.3 Å². The number of thiophene rings is 1. The number of nitrogens with zero attached hydrogens (tertiary/aromatic N) is 3. The maximum Gasteiger partial charge on any atom is 0.257 e. The number of hydrogen-bond donors (Lipinski definition) is 0. The first-order chi connectivity index (χ1) is 13.9. The summed E-state index contributed by atoms with van der Waals surface area (Å²) in [5.74, 6) is 0.375. The van der Waals surface area contributed by atoms with Crippen molar-refractivity contribution in [3.05, 3.63) is 45.8 Å². The fourth-order valence-electron chi connectivity index (χ4n) is 3.77. The standard InChI is InChI=1S/C21H23N3O4S/c1-4-28-14-7-5-6-13(10-14)19(26)24-9-8-15-16(11-24)29-21-18(15)20(27)22(2)12-17(25)23(21)3/h5-7,10H,4,8-9,11-12H2,1-3H3. The van der Waals surface area contributed by atoms with E-state index in [0.717, 1.165) is 10.4 Å². The number of ether oxygens (including phenoxy) is 1. The summed E-state index contributed by atoms with van der Waals surface area (Å²) >= 11 is 1.44. The van der Waals surface area contributed by atoms with Crippen LogP contribution in [0, 0.1) is 0 Å². The van der Waals surface area contributed by atoms with Gasteiger partial charge < -0.3 is 19.4 Å². The lowest BCUT2D eigenvalue weighted by atomic mass is 10.0. The minimum Gasteiger partial charge on any atom is -0.494 e. The molecule has 0 bridgehead atoms. The van der Waals surface area contributed by atoms with Crippen molar-refractivity contribution in [2.45, 2.75) is 19.9 Å². The number of benzene rings is 1. The van der Waals surface area contributed by atoms with E-state index in [-0.39, 0.29) is 24.3 Å². The molecule has 7 nitrogen and oxygen atoms in total. The van der Waals surface area contributed by atoms with Crippen molar-refractivity contribution < 1.29 is 19.1 Å². The van der Waals surface area contributed by atoms with Crippen LogP contribution in [0.25, 0.3) is 0 Å². The molecule has 3 heterocycles. The molecule has 0 saturated heterocycles. The highest BCUT2D eigenvalue weighted by molar-refractivity contribution is 7.17. The van der Waals surface area contributed by atoms with Crippen LogP contribution in [0.3, 0.4) is 0 Å². The van der Waals surface area contributed by atoms with E-state index < -0.39 is 0 Å². The normalized spacial score (nSPS) is 16.4. The van der Waals surface area contributed by atoms with Crippen LogP contribution < -0.4 is 9.64 Å². The average Bonchev–Trinajstić information content (AvgIpc) is 3.07. The Morgan fingerprint density at radius 1 is 1.21 bits per heavy atom. The monoisotopic (exact) mass is 413 g/mol. The van der Waals surface area contributed by atoms with E-state index in [1.807, 2.05) is 19.1 Å². The first-order valence-electron chi connectivity index (χ1n) is 9.59. The van der Waals surface area contributed by atoms with Crippen LogP contribution in [0.2, 0.25) is 0 Å². The molecule has 2 aliphatic heterocycles. The summed E-state index contributed by atoms with van der Waals surface area (Å²) in [5, 5.41) is 0.682. The number of fused-ring (bicyclic) bond motifs is 3. The van der Waals surface area contributed by atoms with Gasteiger partial charge in [-0.25, -0.2) is 0 Å². The summed E-state index contributed by atoms with van der Waals surface area (Å²) in [4.78, 5) is 44.0. The fraction of sp³-hybridized carbons (Fsp3) is 0.381. The number of likely N-dealkylation sites (N-methyl/N-ethyl adjacent to an activating group) is 2. The molecule has 2 aliphatic rings. The van der Waals surface area contributed by atoms with Gasteiger partial charge in [-0.15, -0.1) is 11.3 Å². The summed E-state index contributed by atoms with van der Waals surface area (Å²) in [6.45, 7) is 3.49. The smallest absolute Gasteiger partial charge is 0.257 e. The second-order valence-electron chi connectivity index (χ2n) is 7.24. The van der Waals surface area contributed by atoms with Crippen molar-refractivity contribution in [1.82, 2.24) is 9.80 Å². The van der Waals surface area contributed by atoms with E-state index in [9.17, 15) is 14.4 Å². The van der Waals surface area contributed by atoms with E-state index in [4.69, 9.17) is 4.74 Å². The van der Waals surface area contributed by atoms with Crippen molar-refractivity contribution in [2.24, 2.45) is 0 Å². The minimum absolute atomic E-state index is 0.0614. The lowest BCUT2D eigenvalue weighted by Gasteiger charge is -2.27. The minimum atomic E-state index is -0.126. The zero-order valence-corrected chi connectivity index (χ0v) is 17.5. The number of hydrogen-bond acceptors (Lipinski definition) is 5. The van der Waals surface area contributed by atoms with Crippen molar-refractivity contribution in [3.8, 4) is 5.75 Å². The third-order valence-corrected chi connectivity index (χ3v) is 6.62. The number of rotatable bonds is 3. The van der Waals surface area contributed by atoms with Crippen LogP contribution in [0.15, 0.2) is 24.3 Å². The van der Waals surface area contributed by atoms with Gasteiger partial charge in [0.25, 0.3) is 11.8 Å². The number of anilines is 1. The van der Waals surface area contributed by atoms with Gasteiger partial charge in [0.1, 0.15) is 17.3 Å². The topological polar surface area (TPSA) is 70.2 Å². The van der Waals surface area contributed by atoms with Crippen LogP contribution in [-0.2, 0) is 17.8 Å². The van der Waals surface area contributed by atoms with Crippen molar-refractivity contribution in [2.75, 3.05) is 38.7 Å². The van der Waals surface area contributed by atoms with Crippen LogP contribution >= 0.6 is 11.3 Å². The second kappa shape index (κ2) is 7.51. The average molecular weight is 413 g/mol. The molecule has 0 atom stereocenters. The predicted octanol–water partition coefficient (Wildman–Crippen LogP) is 2.39. The van der Waals surface area contributed by atoms with Gasteiger partial charge in [0.2, 0.25) is 5.91 Å². The molecule has 0 spiro atoms. The Morgan fingerprint density at radius 3 is 2.76 bits per heavy atom. The van der Waals surface area contributed by atoms with E-state index in [1.165, 1.54) is 16.2 Å². The third-order valence-electron chi connectivity index (χ3n) is 5.33. The van der Waals surface area contributed by atoms with Crippen LogP contribution in [0.1, 0.15) is 38.1 Å². The zero-order valence-electron chi connectivity index (χ0n) is 16.7. The fourth-order valence-corrected chi connectivity index (χ4v) is 5.10. The molecule has 1 aromatic carbocycles. The Kier molecular flexibility index (Phi) is 5.04. The summed E-state index contributed by atoms with van der Waals surface area (Å²) in [6, 6.07) is 7.20. The molecule has 0 radical (unpaired) electrons. The quantitative estimate of drug-likeness (QED) is 0.775. The predicted molar refractivity (Wildman–Crippen MR) is 111 cm³/mol. The van der Waals surface area contributed by atoms with Crippen molar-refractivity contribution >= 4 is 34.1 Å². The van der Waals surface area contributed by atoms with Crippen molar-refractivity contribution in [1.29, 1.82) is 0 Å². The molecule has 4 rings (SSSR count). The molecule has 152 valence electrons. The maximum absolute atomic E-state index is 13.0. The van der Waals surface area contributed by atoms with Crippen LogP contribution in [0.5, 0.6) is 5.75 Å². The molecule has 0 saturated carbocycles. The lowest BCUT2D eigenvalue weighted by molar-refractivity contribution is -0.118. The summed E-state index contributed by atoms with van der Waals surface area (Å²) in [6.07, 6.45) is 0.597. The molecule has 0 N–H and O–H groups in total. The Morgan fingerprint density at radius 2 is 2.00 bits per heavy atom. The summed E-state index contributed by atoms with van der Waals surface area (Å²) in [5.41, 5.74) is 2.17. The van der Waals surface area contributed by atoms with E-state index >= 15 is 0 Å². The molecule has 0 unspecified atom stereocenters. The van der Waals surface area contributed by atoms with Crippen LogP contribution in [0.4, 0.5) is 5.00 Å². The van der Waals surface area contributed by atoms with Gasteiger partial charge in [-0.05, 0) is 37.1 Å². The molecule has 3 amide bonds. The molecule has 0 aliphatic carbocycles. The molecule has 8 heteroatoms. The molecular weight excluding hydrogens is 390 g/mol. The number of amides is 3. The summed E-state index contributed by atoms with van der Waals surface area (Å²) < 4.78 is 5.50. The Bertz CT molecular complexity index is 1000. The van der Waals surface area contributed by atoms with Crippen molar-refractivity contribution in [3.63, 3.8) is 0 Å². The Balaban J connectivity index is 1.63. The molecule has 29 heavy (non-hydrogen) atoms. The molecule has 1 aromatic heterocycles. The SMILES string of the molecule is CCOc1cccc(C(=O)N2CCc3c(sc4c3C(=O)N(C)CC(=O)N4C)C2)c1. The van der Waals surface area contributed by atoms with Gasteiger partial charge in [-0.3, -0.25) is 14.4 Å². The van der Waals surface area contributed by atoms with Gasteiger partial charge in [-0.1, -0.05) is 6.07 Å². The van der Waals surface area contributed by atoms with E-state index in [0.29, 0.717) is 48.0 Å². The Hall–Kier alpha value is -2.87. The maximum atomic E-state index is 13.0. The highest BCUT2D eigenvalue weighted by Gasteiger charge is 2.36. The third kappa shape index (κ3) is 3.37. The largest absolute Gasteiger partial charge is 0.494 e. The first-order valence-corrected chi connectivity index (χ1v) is 10.4. The number of carbonyl (C=O) groups is 3. The van der Waals surface area contributed by atoms with Gasteiger partial charge in [-0.2, -0.15) is 0 Å². The number of carbonyl (C=O) groups excluding carboxylic acids is 3. The van der Waals surface area contributed by atoms with Gasteiger partial charge in [0, 0.05) is 31.1 Å². The zero-order chi connectivity index (χ0) is 20.7. The highest BCUT2D eigenvalue weighted by Crippen LogP contribution is 2.41. The van der Waals surface area contributed by atoms with Gasteiger partial charge in [0.05, 0.1) is 18.7 Å². The molecular formula is C21H23N3O4S. The highest BCUT2D eigenvalue weighted by atomic mass is 32.1. The first kappa shape index (κ1) is 19.4. The van der Waals surface area contributed by atoms with Gasteiger partial charge in [0.15, 0.2) is 0 Å². The lowest BCUT2D eigenvalue weighted by Crippen LogP contribution is -2.37. The molecule has 2 aromatic rings. The second-order valence-corrected chi connectivity index (χ2v) is 8.32. The van der Waals surface area contributed by atoms with E-state index in [2.05, 4.69) is 0 Å². The van der Waals surface area contributed by atoms with E-state index in [1.54, 1.807) is 36.0 Å². The van der Waals surface area contributed by atoms with Gasteiger partial charge >= 0.3 is 0 Å². The Labute approximate surface area is 173 Å². The summed E-state index contributed by atoms with van der Waals surface area (Å²) in [7, 11) is 3.36. The molecule has 0 fully saturated rings.